The number of fused-ring (bicyclic) bond motifs is 1. The van der Waals surface area contributed by atoms with Crippen LogP contribution in [0, 0.1) is 0 Å². The molecule has 0 aliphatic heterocycles. The van der Waals surface area contributed by atoms with Gasteiger partial charge in [-0.3, -0.25) is 4.99 Å². The summed E-state index contributed by atoms with van der Waals surface area (Å²) < 4.78 is 22.6. The van der Waals surface area contributed by atoms with E-state index in [2.05, 4.69) is 26.2 Å². The number of alkyl carbamates (subject to hydrolysis) is 1. The molecule has 0 atom stereocenters. The summed E-state index contributed by atoms with van der Waals surface area (Å²) in [6, 6.07) is 12.4. The van der Waals surface area contributed by atoms with Crippen LogP contribution in [0.1, 0.15) is 31.9 Å². The summed E-state index contributed by atoms with van der Waals surface area (Å²) in [6.45, 7) is 8.44. The minimum atomic E-state index is -0.529. The highest BCUT2D eigenvalue weighted by atomic mass is 79.9. The Kier molecular flexibility index (Phi) is 11.6. The van der Waals surface area contributed by atoms with Gasteiger partial charge >= 0.3 is 6.09 Å². The van der Waals surface area contributed by atoms with Crippen molar-refractivity contribution in [2.45, 2.75) is 26.4 Å². The van der Waals surface area contributed by atoms with E-state index in [0.29, 0.717) is 69.6 Å². The summed E-state index contributed by atoms with van der Waals surface area (Å²) in [5, 5.41) is 24.1. The molecule has 1 amide bonds. The molecule has 0 bridgehead atoms. The molecule has 0 unspecified atom stereocenters. The average molecular weight is 607 g/mol. The van der Waals surface area contributed by atoms with Crippen molar-refractivity contribution in [3.63, 3.8) is 0 Å². The van der Waals surface area contributed by atoms with Crippen LogP contribution in [0.25, 0.3) is 10.9 Å². The van der Waals surface area contributed by atoms with Gasteiger partial charge in [-0.25, -0.2) is 4.79 Å². The van der Waals surface area contributed by atoms with E-state index in [1.54, 1.807) is 18.2 Å². The molecular formula is C28H36BrN3O7. The van der Waals surface area contributed by atoms with Gasteiger partial charge in [0.05, 0.1) is 57.5 Å². The van der Waals surface area contributed by atoms with E-state index in [0.717, 1.165) is 15.4 Å². The predicted molar refractivity (Wildman–Crippen MR) is 153 cm³/mol. The molecule has 3 aromatic rings. The Morgan fingerprint density at radius 2 is 1.67 bits per heavy atom. The van der Waals surface area contributed by atoms with Gasteiger partial charge in [-0.15, -0.1) is 0 Å². The number of benzene rings is 2. The molecule has 0 aliphatic carbocycles. The summed E-state index contributed by atoms with van der Waals surface area (Å²) in [5.74, 6) is 0.111. The standard InChI is InChI=1S/C28H36BrN3O7/c1-28(2,3)39-27(35)31-10-12-37-14-16-38-15-13-36-11-9-30-25(19-5-4-6-21(33)17-19)24-22-18-20(29)7-8-23(22)32-26(24)34/h4-8,17-18,32-34H,9-16H2,1-3H3,(H,31,35). The summed E-state index contributed by atoms with van der Waals surface area (Å²) in [7, 11) is 0. The van der Waals surface area contributed by atoms with Gasteiger partial charge < -0.3 is 39.5 Å². The number of aliphatic imine (C=N–C) groups is 1. The van der Waals surface area contributed by atoms with E-state index in [-0.39, 0.29) is 11.6 Å². The molecule has 4 N–H and O–H groups in total. The lowest BCUT2D eigenvalue weighted by atomic mass is 10.0. The third-order valence-electron chi connectivity index (χ3n) is 5.26. The normalized spacial score (nSPS) is 12.2. The highest BCUT2D eigenvalue weighted by molar-refractivity contribution is 9.10. The SMILES string of the molecule is CC(C)(C)OC(=O)NCCOCCOCCOCCN=C(c1cccc(O)c1)c1c(O)[nH]c2ccc(Br)cc12. The van der Waals surface area contributed by atoms with Crippen molar-refractivity contribution in [3.8, 4) is 11.6 Å². The van der Waals surface area contributed by atoms with Crippen LogP contribution in [0.3, 0.4) is 0 Å². The number of hydrogen-bond donors (Lipinski definition) is 4. The highest BCUT2D eigenvalue weighted by Crippen LogP contribution is 2.32. The number of ether oxygens (including phenoxy) is 4. The van der Waals surface area contributed by atoms with Gasteiger partial charge in [-0.1, -0.05) is 28.1 Å². The van der Waals surface area contributed by atoms with Crippen molar-refractivity contribution in [1.29, 1.82) is 0 Å². The molecule has 0 aliphatic rings. The molecule has 0 saturated carbocycles. The van der Waals surface area contributed by atoms with Gasteiger partial charge in [0.25, 0.3) is 0 Å². The van der Waals surface area contributed by atoms with E-state index >= 15 is 0 Å². The maximum absolute atomic E-state index is 11.5. The number of phenolic OH excluding ortho intramolecular Hbond substituents is 1. The van der Waals surface area contributed by atoms with Crippen LogP contribution in [-0.4, -0.2) is 85.3 Å². The van der Waals surface area contributed by atoms with Gasteiger partial charge in [0.15, 0.2) is 5.88 Å². The quantitative estimate of drug-likeness (QED) is 0.154. The zero-order valence-corrected chi connectivity index (χ0v) is 24.0. The minimum absolute atomic E-state index is 0.00218. The number of phenols is 1. The third kappa shape index (κ3) is 10.2. The Morgan fingerprint density at radius 3 is 2.36 bits per heavy atom. The zero-order chi connectivity index (χ0) is 28.3. The van der Waals surface area contributed by atoms with Crippen LogP contribution in [0.5, 0.6) is 11.6 Å². The fourth-order valence-electron chi connectivity index (χ4n) is 3.66. The maximum atomic E-state index is 11.5. The smallest absolute Gasteiger partial charge is 0.407 e. The van der Waals surface area contributed by atoms with Gasteiger partial charge in [0.1, 0.15) is 11.4 Å². The van der Waals surface area contributed by atoms with Gasteiger partial charge in [-0.2, -0.15) is 0 Å². The molecule has 10 nitrogen and oxygen atoms in total. The summed E-state index contributed by atoms with van der Waals surface area (Å²) in [4.78, 5) is 19.2. The van der Waals surface area contributed by atoms with Crippen molar-refractivity contribution in [2.75, 3.05) is 52.7 Å². The minimum Gasteiger partial charge on any atom is -0.508 e. The first-order chi connectivity index (χ1) is 18.6. The van der Waals surface area contributed by atoms with E-state index in [9.17, 15) is 15.0 Å². The number of nitrogens with one attached hydrogen (secondary N) is 2. The van der Waals surface area contributed by atoms with Crippen LogP contribution < -0.4 is 5.32 Å². The monoisotopic (exact) mass is 605 g/mol. The van der Waals surface area contributed by atoms with E-state index in [1.165, 1.54) is 0 Å². The van der Waals surface area contributed by atoms with Gasteiger partial charge in [-0.05, 0) is 51.1 Å². The zero-order valence-electron chi connectivity index (χ0n) is 22.5. The van der Waals surface area contributed by atoms with Crippen molar-refractivity contribution in [2.24, 2.45) is 4.99 Å². The second-order valence-electron chi connectivity index (χ2n) is 9.58. The molecule has 3 rings (SSSR count). The molecule has 11 heteroatoms. The summed E-state index contributed by atoms with van der Waals surface area (Å²) in [6.07, 6.45) is -0.468. The van der Waals surface area contributed by atoms with E-state index in [4.69, 9.17) is 23.9 Å². The molecule has 212 valence electrons. The molecule has 0 spiro atoms. The Morgan fingerprint density at radius 1 is 0.974 bits per heavy atom. The number of aromatic hydroxyl groups is 2. The van der Waals surface area contributed by atoms with Crippen LogP contribution in [0.15, 0.2) is 51.9 Å². The van der Waals surface area contributed by atoms with Crippen molar-refractivity contribution in [3.05, 3.63) is 58.1 Å². The fraction of sp³-hybridized carbons (Fsp3) is 0.429. The Labute approximate surface area is 236 Å². The average Bonchev–Trinajstić information content (AvgIpc) is 3.18. The second-order valence-corrected chi connectivity index (χ2v) is 10.5. The maximum Gasteiger partial charge on any atom is 0.407 e. The highest BCUT2D eigenvalue weighted by Gasteiger charge is 2.19. The van der Waals surface area contributed by atoms with Crippen LogP contribution in [-0.2, 0) is 18.9 Å². The number of aromatic amines is 1. The van der Waals surface area contributed by atoms with Gasteiger partial charge in [0.2, 0.25) is 0 Å². The summed E-state index contributed by atoms with van der Waals surface area (Å²) >= 11 is 3.49. The van der Waals surface area contributed by atoms with Crippen LogP contribution in [0.2, 0.25) is 0 Å². The Bertz CT molecular complexity index is 1250. The Balaban J connectivity index is 1.40. The second kappa shape index (κ2) is 14.9. The molecule has 39 heavy (non-hydrogen) atoms. The van der Waals surface area contributed by atoms with Crippen LogP contribution in [0.4, 0.5) is 4.79 Å². The first-order valence-corrected chi connectivity index (χ1v) is 13.5. The van der Waals surface area contributed by atoms with E-state index in [1.807, 2.05) is 45.0 Å². The number of carbonyl (C=O) groups excluding carboxylic acids is 1. The number of H-pyrrole nitrogens is 1. The van der Waals surface area contributed by atoms with E-state index < -0.39 is 11.7 Å². The molecule has 0 radical (unpaired) electrons. The molecule has 0 saturated heterocycles. The lowest BCUT2D eigenvalue weighted by Gasteiger charge is -2.19. The summed E-state index contributed by atoms with van der Waals surface area (Å²) in [5.41, 5.74) is 2.03. The topological polar surface area (TPSA) is 135 Å². The number of amides is 1. The lowest BCUT2D eigenvalue weighted by molar-refractivity contribution is 0.0154. The number of halogens is 1. The lowest BCUT2D eigenvalue weighted by Crippen LogP contribution is -2.34. The number of nitrogens with zero attached hydrogens (tertiary/aromatic N) is 1. The largest absolute Gasteiger partial charge is 0.508 e. The van der Waals surface area contributed by atoms with Gasteiger partial charge in [0, 0.05) is 27.5 Å². The number of aromatic nitrogens is 1. The molecule has 0 fully saturated rings. The van der Waals surface area contributed by atoms with Crippen molar-refractivity contribution < 1.29 is 34.0 Å². The first-order valence-electron chi connectivity index (χ1n) is 12.7. The molecule has 1 heterocycles. The Hall–Kier alpha value is -3.12. The molecular weight excluding hydrogens is 570 g/mol. The number of rotatable bonds is 14. The molecule has 1 aromatic heterocycles. The number of hydrogen-bond acceptors (Lipinski definition) is 8. The van der Waals surface area contributed by atoms with Crippen LogP contribution >= 0.6 is 15.9 Å². The first kappa shape index (κ1) is 30.4. The fourth-order valence-corrected chi connectivity index (χ4v) is 4.02. The predicted octanol–water partition coefficient (Wildman–Crippen LogP) is 4.75. The van der Waals surface area contributed by atoms with Crippen molar-refractivity contribution in [1.82, 2.24) is 10.3 Å². The third-order valence-corrected chi connectivity index (χ3v) is 5.75. The molecule has 2 aromatic carbocycles. The van der Waals surface area contributed by atoms with Crippen molar-refractivity contribution >= 4 is 38.6 Å². The number of carbonyl (C=O) groups is 1.